The van der Waals surface area contributed by atoms with Gasteiger partial charge in [0.25, 0.3) is 5.91 Å². The minimum absolute atomic E-state index is 0.0247. The summed E-state index contributed by atoms with van der Waals surface area (Å²) in [4.78, 5) is 25.1. The monoisotopic (exact) mass is 370 g/mol. The largest absolute Gasteiger partial charge is 0.467 e. The maximum absolute atomic E-state index is 12.6. The predicted molar refractivity (Wildman–Crippen MR) is 100.0 cm³/mol. The number of hydrogen-bond donors (Lipinski definition) is 2. The molecule has 4 rings (SSSR count). The Morgan fingerprint density at radius 2 is 2.22 bits per heavy atom. The molecule has 2 amide bonds. The summed E-state index contributed by atoms with van der Waals surface area (Å²) in [7, 11) is 0. The molecule has 0 aliphatic heterocycles. The van der Waals surface area contributed by atoms with E-state index in [4.69, 9.17) is 4.42 Å². The first kappa shape index (κ1) is 17.8. The Morgan fingerprint density at radius 3 is 2.89 bits per heavy atom. The lowest BCUT2D eigenvalue weighted by molar-refractivity contribution is -0.117. The van der Waals surface area contributed by atoms with Crippen LogP contribution in [0, 0.1) is 17.8 Å². The SMILES string of the molecule is CCn1cc(NC(=O)CC2CC3CCC2C3)c(C(=O)NCc2ccco2)n1. The number of carbonyl (C=O) groups is 2. The van der Waals surface area contributed by atoms with Crippen LogP contribution in [-0.4, -0.2) is 21.6 Å². The molecular weight excluding hydrogens is 344 g/mol. The van der Waals surface area contributed by atoms with Crippen molar-refractivity contribution >= 4 is 17.5 Å². The van der Waals surface area contributed by atoms with Gasteiger partial charge in [0.2, 0.25) is 5.91 Å². The lowest BCUT2D eigenvalue weighted by atomic mass is 9.86. The third-order valence-electron chi connectivity index (χ3n) is 5.91. The average Bonchev–Trinajstić information content (AvgIpc) is 3.43. The third-order valence-corrected chi connectivity index (χ3v) is 5.91. The summed E-state index contributed by atoms with van der Waals surface area (Å²) in [5.41, 5.74) is 0.714. The molecule has 2 bridgehead atoms. The number of anilines is 1. The van der Waals surface area contributed by atoms with Gasteiger partial charge in [-0.2, -0.15) is 5.10 Å². The van der Waals surface area contributed by atoms with Gasteiger partial charge in [-0.25, -0.2) is 0 Å². The van der Waals surface area contributed by atoms with E-state index < -0.39 is 0 Å². The van der Waals surface area contributed by atoms with Gasteiger partial charge in [0.05, 0.1) is 18.5 Å². The molecule has 7 nitrogen and oxygen atoms in total. The second-order valence-corrected chi connectivity index (χ2v) is 7.70. The van der Waals surface area contributed by atoms with Crippen molar-refractivity contribution in [2.45, 2.75) is 52.1 Å². The fourth-order valence-electron chi connectivity index (χ4n) is 4.57. The van der Waals surface area contributed by atoms with Gasteiger partial charge in [0.1, 0.15) is 5.76 Å². The number of rotatable bonds is 7. The van der Waals surface area contributed by atoms with Gasteiger partial charge in [-0.15, -0.1) is 0 Å². The van der Waals surface area contributed by atoms with E-state index in [0.29, 0.717) is 36.2 Å². The van der Waals surface area contributed by atoms with Crippen LogP contribution in [-0.2, 0) is 17.9 Å². The van der Waals surface area contributed by atoms with Gasteiger partial charge in [0, 0.05) is 19.2 Å². The van der Waals surface area contributed by atoms with Crippen LogP contribution in [0.4, 0.5) is 5.69 Å². The number of hydrogen-bond acceptors (Lipinski definition) is 4. The molecule has 144 valence electrons. The Hall–Kier alpha value is -2.57. The van der Waals surface area contributed by atoms with Crippen LogP contribution in [0.5, 0.6) is 0 Å². The number of nitrogens with one attached hydrogen (secondary N) is 2. The standard InChI is InChI=1S/C20H26N4O3/c1-2-24-12-17(19(23-24)20(26)21-11-16-4-3-7-27-16)22-18(25)10-15-9-13-5-6-14(15)8-13/h3-4,7,12-15H,2,5-6,8-11H2,1H3,(H,21,26)(H,22,25). The number of nitrogens with zero attached hydrogens (tertiary/aromatic N) is 2. The van der Waals surface area contributed by atoms with E-state index in [2.05, 4.69) is 15.7 Å². The van der Waals surface area contributed by atoms with Crippen LogP contribution < -0.4 is 10.6 Å². The second-order valence-electron chi connectivity index (χ2n) is 7.70. The maximum Gasteiger partial charge on any atom is 0.274 e. The van der Waals surface area contributed by atoms with Crippen molar-refractivity contribution < 1.29 is 14.0 Å². The molecule has 2 aliphatic carbocycles. The van der Waals surface area contributed by atoms with Crippen molar-refractivity contribution in [2.24, 2.45) is 17.8 Å². The molecule has 3 atom stereocenters. The number of carbonyl (C=O) groups excluding carboxylic acids is 2. The molecule has 0 radical (unpaired) electrons. The Kier molecular flexibility index (Phi) is 5.01. The van der Waals surface area contributed by atoms with E-state index >= 15 is 0 Å². The maximum atomic E-state index is 12.6. The van der Waals surface area contributed by atoms with E-state index in [9.17, 15) is 9.59 Å². The Bertz CT molecular complexity index is 811. The zero-order valence-corrected chi connectivity index (χ0v) is 15.6. The Labute approximate surface area is 158 Å². The molecule has 2 aromatic heterocycles. The van der Waals surface area contributed by atoms with Gasteiger partial charge in [0.15, 0.2) is 5.69 Å². The van der Waals surface area contributed by atoms with E-state index in [1.807, 2.05) is 6.92 Å². The summed E-state index contributed by atoms with van der Waals surface area (Å²) in [6.45, 7) is 2.85. The first-order valence-corrected chi connectivity index (χ1v) is 9.80. The molecule has 2 aliphatic rings. The van der Waals surface area contributed by atoms with Crippen LogP contribution in [0.2, 0.25) is 0 Å². The number of fused-ring (bicyclic) bond motifs is 2. The summed E-state index contributed by atoms with van der Waals surface area (Å²) in [5, 5.41) is 10.0. The quantitative estimate of drug-likeness (QED) is 0.783. The molecule has 0 saturated heterocycles. The highest BCUT2D eigenvalue weighted by Gasteiger charge is 2.40. The number of aromatic nitrogens is 2. The molecule has 2 fully saturated rings. The van der Waals surface area contributed by atoms with Gasteiger partial charge in [-0.3, -0.25) is 14.3 Å². The number of furan rings is 1. The molecule has 2 heterocycles. The molecule has 3 unspecified atom stereocenters. The molecule has 7 heteroatoms. The highest BCUT2D eigenvalue weighted by molar-refractivity contribution is 6.02. The van der Waals surface area contributed by atoms with Crippen molar-refractivity contribution in [3.05, 3.63) is 36.0 Å². The van der Waals surface area contributed by atoms with E-state index in [1.54, 1.807) is 29.3 Å². The summed E-state index contributed by atoms with van der Waals surface area (Å²) in [6, 6.07) is 3.57. The normalized spacial score (nSPS) is 23.5. The van der Waals surface area contributed by atoms with Crippen molar-refractivity contribution in [1.29, 1.82) is 0 Å². The van der Waals surface area contributed by atoms with Crippen molar-refractivity contribution in [2.75, 3.05) is 5.32 Å². The third kappa shape index (κ3) is 3.91. The lowest BCUT2D eigenvalue weighted by Gasteiger charge is -2.20. The molecule has 2 N–H and O–H groups in total. The molecule has 2 aromatic rings. The Balaban J connectivity index is 1.39. The first-order valence-electron chi connectivity index (χ1n) is 9.80. The summed E-state index contributed by atoms with van der Waals surface area (Å²) >= 11 is 0. The summed E-state index contributed by atoms with van der Waals surface area (Å²) in [6.07, 6.45) is 8.86. The van der Waals surface area contributed by atoms with Gasteiger partial charge in [-0.05, 0) is 56.1 Å². The van der Waals surface area contributed by atoms with Crippen LogP contribution >= 0.6 is 0 Å². The molecule has 0 aromatic carbocycles. The van der Waals surface area contributed by atoms with Crippen LogP contribution in [0.15, 0.2) is 29.0 Å². The fraction of sp³-hybridized carbons (Fsp3) is 0.550. The number of aryl methyl sites for hydroxylation is 1. The highest BCUT2D eigenvalue weighted by atomic mass is 16.3. The molecule has 27 heavy (non-hydrogen) atoms. The van der Waals surface area contributed by atoms with E-state index in [0.717, 1.165) is 5.92 Å². The summed E-state index contributed by atoms with van der Waals surface area (Å²) < 4.78 is 6.89. The molecular formula is C20H26N4O3. The van der Waals surface area contributed by atoms with Gasteiger partial charge in [-0.1, -0.05) is 6.42 Å². The minimum Gasteiger partial charge on any atom is -0.467 e. The van der Waals surface area contributed by atoms with Crippen molar-refractivity contribution in [3.63, 3.8) is 0 Å². The summed E-state index contributed by atoms with van der Waals surface area (Å²) in [5.74, 6) is 2.33. The second kappa shape index (κ2) is 7.58. The topological polar surface area (TPSA) is 89.2 Å². The zero-order valence-electron chi connectivity index (χ0n) is 15.6. The van der Waals surface area contributed by atoms with Crippen molar-refractivity contribution in [3.8, 4) is 0 Å². The fourth-order valence-corrected chi connectivity index (χ4v) is 4.57. The van der Waals surface area contributed by atoms with Crippen LogP contribution in [0.25, 0.3) is 0 Å². The first-order chi connectivity index (χ1) is 13.1. The molecule has 2 saturated carbocycles. The van der Waals surface area contributed by atoms with Crippen LogP contribution in [0.1, 0.15) is 55.3 Å². The van der Waals surface area contributed by atoms with Crippen molar-refractivity contribution in [1.82, 2.24) is 15.1 Å². The Morgan fingerprint density at radius 1 is 1.33 bits per heavy atom. The lowest BCUT2D eigenvalue weighted by Crippen LogP contribution is -2.25. The minimum atomic E-state index is -0.325. The zero-order chi connectivity index (χ0) is 18.8. The smallest absolute Gasteiger partial charge is 0.274 e. The highest BCUT2D eigenvalue weighted by Crippen LogP contribution is 2.49. The van der Waals surface area contributed by atoms with E-state index in [1.165, 1.54) is 25.7 Å². The van der Waals surface area contributed by atoms with Crippen LogP contribution in [0.3, 0.4) is 0 Å². The molecule has 0 spiro atoms. The van der Waals surface area contributed by atoms with Gasteiger partial charge < -0.3 is 15.1 Å². The van der Waals surface area contributed by atoms with E-state index in [-0.39, 0.29) is 24.1 Å². The predicted octanol–water partition coefficient (Wildman–Crippen LogP) is 3.19. The van der Waals surface area contributed by atoms with Gasteiger partial charge >= 0.3 is 0 Å². The average molecular weight is 370 g/mol. The number of amides is 2.